The van der Waals surface area contributed by atoms with Crippen LogP contribution in [0.25, 0.3) is 5.69 Å². The number of carbonyl (C=O) groups excluding carboxylic acids is 1. The summed E-state index contributed by atoms with van der Waals surface area (Å²) in [5.74, 6) is 1.92. The number of aryl methyl sites for hydroxylation is 1. The first-order valence-electron chi connectivity index (χ1n) is 12.0. The van der Waals surface area contributed by atoms with Crippen molar-refractivity contribution in [2.24, 2.45) is 5.92 Å². The zero-order valence-corrected chi connectivity index (χ0v) is 20.5. The largest absolute Gasteiger partial charge is 0.497 e. The summed E-state index contributed by atoms with van der Waals surface area (Å²) in [7, 11) is 3.22. The molecule has 0 aliphatic carbocycles. The molecule has 1 N–H and O–H groups in total. The van der Waals surface area contributed by atoms with Crippen molar-refractivity contribution < 1.29 is 14.3 Å². The number of nitrogens with zero attached hydrogens (tertiary/aromatic N) is 3. The maximum atomic E-state index is 13.0. The molecule has 1 fully saturated rings. The zero-order chi connectivity index (χ0) is 24.8. The molecule has 1 saturated heterocycles. The van der Waals surface area contributed by atoms with Gasteiger partial charge in [-0.1, -0.05) is 19.1 Å². The molecule has 35 heavy (non-hydrogen) atoms. The van der Waals surface area contributed by atoms with Crippen molar-refractivity contribution in [1.29, 1.82) is 0 Å². The van der Waals surface area contributed by atoms with Crippen LogP contribution in [0.5, 0.6) is 11.5 Å². The van der Waals surface area contributed by atoms with Crippen LogP contribution in [0, 0.1) is 5.92 Å². The van der Waals surface area contributed by atoms with Gasteiger partial charge in [0.25, 0.3) is 5.56 Å². The molecule has 1 aromatic heterocycles. The number of aromatic nitrogens is 2. The van der Waals surface area contributed by atoms with Gasteiger partial charge in [0, 0.05) is 31.3 Å². The summed E-state index contributed by atoms with van der Waals surface area (Å²) < 4.78 is 12.1. The van der Waals surface area contributed by atoms with Gasteiger partial charge in [0.2, 0.25) is 5.91 Å². The molecular weight excluding hydrogens is 444 g/mol. The molecule has 8 heteroatoms. The normalized spacial score (nSPS) is 15.5. The van der Waals surface area contributed by atoms with Crippen LogP contribution in [-0.4, -0.2) is 43.0 Å². The molecule has 1 aliphatic heterocycles. The Morgan fingerprint density at radius 1 is 1.09 bits per heavy atom. The molecule has 2 aromatic carbocycles. The smallest absolute Gasteiger partial charge is 0.271 e. The summed E-state index contributed by atoms with van der Waals surface area (Å²) in [5, 5.41) is 7.67. The van der Waals surface area contributed by atoms with E-state index < -0.39 is 0 Å². The van der Waals surface area contributed by atoms with E-state index in [1.54, 1.807) is 20.3 Å². The third kappa shape index (κ3) is 5.65. The molecule has 1 amide bonds. The number of hydrogen-bond donors (Lipinski definition) is 1. The number of amides is 1. The molecule has 8 nitrogen and oxygen atoms in total. The van der Waals surface area contributed by atoms with E-state index in [0.29, 0.717) is 30.4 Å². The molecule has 3 aromatic rings. The Labute approximate surface area is 205 Å². The molecule has 4 rings (SSSR count). The van der Waals surface area contributed by atoms with Crippen LogP contribution >= 0.6 is 0 Å². The Bertz CT molecular complexity index is 1220. The quantitative estimate of drug-likeness (QED) is 0.537. The summed E-state index contributed by atoms with van der Waals surface area (Å²) in [5.41, 5.74) is 2.61. The van der Waals surface area contributed by atoms with Crippen molar-refractivity contribution in [3.8, 4) is 17.2 Å². The van der Waals surface area contributed by atoms with Crippen LogP contribution in [0.2, 0.25) is 0 Å². The number of anilines is 1. The van der Waals surface area contributed by atoms with Crippen molar-refractivity contribution in [1.82, 2.24) is 15.1 Å². The lowest BCUT2D eigenvalue weighted by molar-refractivity contribution is -0.125. The minimum absolute atomic E-state index is 0.0111. The summed E-state index contributed by atoms with van der Waals surface area (Å²) in [6.07, 6.45) is 2.60. The molecule has 1 aliphatic rings. The van der Waals surface area contributed by atoms with E-state index >= 15 is 0 Å². The molecular formula is C27H32N4O4. The molecule has 0 bridgehead atoms. The van der Waals surface area contributed by atoms with Gasteiger partial charge >= 0.3 is 0 Å². The van der Waals surface area contributed by atoms with Gasteiger partial charge in [-0.15, -0.1) is 5.10 Å². The number of carbonyl (C=O) groups is 1. The van der Waals surface area contributed by atoms with E-state index in [9.17, 15) is 9.59 Å². The summed E-state index contributed by atoms with van der Waals surface area (Å²) in [6, 6.07) is 16.6. The lowest BCUT2D eigenvalue weighted by Crippen LogP contribution is -2.43. The predicted octanol–water partition coefficient (Wildman–Crippen LogP) is 3.34. The Morgan fingerprint density at radius 2 is 1.89 bits per heavy atom. The van der Waals surface area contributed by atoms with Crippen molar-refractivity contribution >= 4 is 11.7 Å². The lowest BCUT2D eigenvalue weighted by Gasteiger charge is -2.33. The van der Waals surface area contributed by atoms with Gasteiger partial charge in [0.1, 0.15) is 17.3 Å². The van der Waals surface area contributed by atoms with Crippen molar-refractivity contribution in [3.05, 3.63) is 76.1 Å². The second-order valence-electron chi connectivity index (χ2n) is 8.64. The van der Waals surface area contributed by atoms with Gasteiger partial charge < -0.3 is 19.7 Å². The first-order chi connectivity index (χ1) is 17.0. The van der Waals surface area contributed by atoms with E-state index in [4.69, 9.17) is 9.47 Å². The molecule has 1 atom stereocenters. The van der Waals surface area contributed by atoms with Gasteiger partial charge in [0.15, 0.2) is 0 Å². The second kappa shape index (κ2) is 11.1. The number of benzene rings is 2. The topological polar surface area (TPSA) is 85.7 Å². The maximum absolute atomic E-state index is 13.0. The fourth-order valence-corrected chi connectivity index (χ4v) is 4.37. The molecule has 1 unspecified atom stereocenters. The maximum Gasteiger partial charge on any atom is 0.271 e. The van der Waals surface area contributed by atoms with E-state index in [2.05, 4.69) is 22.2 Å². The fraction of sp³-hybridized carbons (Fsp3) is 0.370. The monoisotopic (exact) mass is 476 g/mol. The van der Waals surface area contributed by atoms with Crippen LogP contribution in [0.15, 0.2) is 59.4 Å². The highest BCUT2D eigenvalue weighted by Gasteiger charge is 2.27. The standard InChI is InChI=1S/C27H32N4O4/c1-4-19-7-9-22(10-8-19)31-26(32)14-13-25(29-31)30-15-5-6-20(18-30)27(33)28-17-21-16-23(34-2)11-12-24(21)35-3/h7-14,16,20H,4-6,15,17-18H2,1-3H3,(H,28,33). The number of methoxy groups -OCH3 is 2. The van der Waals surface area contributed by atoms with Crippen LogP contribution < -0.4 is 25.2 Å². The second-order valence-corrected chi connectivity index (χ2v) is 8.64. The minimum atomic E-state index is -0.184. The van der Waals surface area contributed by atoms with Gasteiger partial charge in [-0.3, -0.25) is 9.59 Å². The van der Waals surface area contributed by atoms with E-state index in [1.165, 1.54) is 16.3 Å². The van der Waals surface area contributed by atoms with E-state index in [-0.39, 0.29) is 17.4 Å². The van der Waals surface area contributed by atoms with Crippen LogP contribution in [0.4, 0.5) is 5.82 Å². The number of nitrogens with one attached hydrogen (secondary N) is 1. The summed E-state index contributed by atoms with van der Waals surface area (Å²) >= 11 is 0. The first-order valence-corrected chi connectivity index (χ1v) is 12.0. The Kier molecular flexibility index (Phi) is 7.70. The highest BCUT2D eigenvalue weighted by atomic mass is 16.5. The molecule has 0 radical (unpaired) electrons. The molecule has 0 spiro atoms. The highest BCUT2D eigenvalue weighted by molar-refractivity contribution is 5.79. The minimum Gasteiger partial charge on any atom is -0.497 e. The third-order valence-electron chi connectivity index (χ3n) is 6.43. The summed E-state index contributed by atoms with van der Waals surface area (Å²) in [4.78, 5) is 27.6. The van der Waals surface area contributed by atoms with Crippen molar-refractivity contribution in [2.45, 2.75) is 32.7 Å². The van der Waals surface area contributed by atoms with E-state index in [0.717, 1.165) is 37.1 Å². The number of ether oxygens (including phenoxy) is 2. The Morgan fingerprint density at radius 3 is 2.60 bits per heavy atom. The summed E-state index contributed by atoms with van der Waals surface area (Å²) in [6.45, 7) is 3.78. The van der Waals surface area contributed by atoms with Gasteiger partial charge in [-0.2, -0.15) is 4.68 Å². The Balaban J connectivity index is 1.45. The van der Waals surface area contributed by atoms with E-state index in [1.807, 2.05) is 42.5 Å². The predicted molar refractivity (Wildman–Crippen MR) is 136 cm³/mol. The molecule has 0 saturated carbocycles. The molecule has 184 valence electrons. The van der Waals surface area contributed by atoms with Crippen LogP contribution in [0.1, 0.15) is 30.9 Å². The fourth-order valence-electron chi connectivity index (χ4n) is 4.37. The van der Waals surface area contributed by atoms with Gasteiger partial charge in [0.05, 0.1) is 25.8 Å². The number of piperidine rings is 1. The third-order valence-corrected chi connectivity index (χ3v) is 6.43. The first kappa shape index (κ1) is 24.3. The van der Waals surface area contributed by atoms with Crippen LogP contribution in [-0.2, 0) is 17.8 Å². The van der Waals surface area contributed by atoms with Crippen molar-refractivity contribution in [3.63, 3.8) is 0 Å². The highest BCUT2D eigenvalue weighted by Crippen LogP contribution is 2.25. The average molecular weight is 477 g/mol. The van der Waals surface area contributed by atoms with Crippen molar-refractivity contribution in [2.75, 3.05) is 32.2 Å². The number of hydrogen-bond acceptors (Lipinski definition) is 6. The van der Waals surface area contributed by atoms with Crippen LogP contribution in [0.3, 0.4) is 0 Å². The molecule has 2 heterocycles. The average Bonchev–Trinajstić information content (AvgIpc) is 2.92. The van der Waals surface area contributed by atoms with Gasteiger partial charge in [-0.05, 0) is 61.2 Å². The SMILES string of the molecule is CCc1ccc(-n2nc(N3CCCC(C(=O)NCc4cc(OC)ccc4OC)C3)ccc2=O)cc1. The lowest BCUT2D eigenvalue weighted by atomic mass is 9.97. The zero-order valence-electron chi connectivity index (χ0n) is 20.5. The Hall–Kier alpha value is -3.81. The van der Waals surface area contributed by atoms with Gasteiger partial charge in [-0.25, -0.2) is 0 Å². The number of rotatable bonds is 8.